The summed E-state index contributed by atoms with van der Waals surface area (Å²) in [4.78, 5) is 11.7. The third-order valence-electron chi connectivity index (χ3n) is 4.72. The van der Waals surface area contributed by atoms with Gasteiger partial charge in [0.1, 0.15) is 5.25 Å². The highest BCUT2D eigenvalue weighted by Crippen LogP contribution is 2.20. The van der Waals surface area contributed by atoms with Crippen molar-refractivity contribution in [2.45, 2.75) is 88.6 Å². The van der Waals surface area contributed by atoms with E-state index in [1.165, 1.54) is 44.9 Å². The van der Waals surface area contributed by atoms with Crippen LogP contribution in [0.1, 0.15) is 83.1 Å². The Hall–Kier alpha value is -0.870. The quantitative estimate of drug-likeness (QED) is 0.266. The molecule has 1 aromatic carbocycles. The van der Waals surface area contributed by atoms with Gasteiger partial charge in [0.2, 0.25) is 5.24 Å². The first-order valence-electron chi connectivity index (χ1n) is 9.92. The predicted molar refractivity (Wildman–Crippen MR) is 110 cm³/mol. The van der Waals surface area contributed by atoms with E-state index in [1.807, 2.05) is 6.07 Å². The maximum Gasteiger partial charge on any atom is 0.239 e. The summed E-state index contributed by atoms with van der Waals surface area (Å²) >= 11 is 5.60. The zero-order chi connectivity index (χ0) is 19.3. The number of sulfone groups is 1. The van der Waals surface area contributed by atoms with Crippen molar-refractivity contribution in [2.24, 2.45) is 0 Å². The summed E-state index contributed by atoms with van der Waals surface area (Å²) < 4.78 is 25.1. The Morgan fingerprint density at radius 1 is 0.885 bits per heavy atom. The van der Waals surface area contributed by atoms with Gasteiger partial charge in [-0.1, -0.05) is 101 Å². The second-order valence-electron chi connectivity index (χ2n) is 7.06. The minimum atomic E-state index is -3.57. The van der Waals surface area contributed by atoms with Crippen molar-refractivity contribution in [1.82, 2.24) is 0 Å². The molecule has 1 atom stereocenters. The van der Waals surface area contributed by atoms with Crippen LogP contribution in [0.3, 0.4) is 0 Å². The van der Waals surface area contributed by atoms with E-state index in [1.54, 1.807) is 24.3 Å². The van der Waals surface area contributed by atoms with Crippen LogP contribution in [0.25, 0.3) is 0 Å². The molecule has 0 bridgehead atoms. The molecule has 0 aliphatic heterocycles. The summed E-state index contributed by atoms with van der Waals surface area (Å²) in [5.41, 5.74) is 0.693. The van der Waals surface area contributed by atoms with Crippen LogP contribution in [0.2, 0.25) is 0 Å². The zero-order valence-corrected chi connectivity index (χ0v) is 17.5. The molecule has 0 N–H and O–H groups in total. The van der Waals surface area contributed by atoms with Crippen LogP contribution in [-0.4, -0.2) is 18.9 Å². The topological polar surface area (TPSA) is 51.2 Å². The van der Waals surface area contributed by atoms with Crippen LogP contribution in [-0.2, 0) is 20.4 Å². The van der Waals surface area contributed by atoms with Crippen molar-refractivity contribution in [3.05, 3.63) is 35.9 Å². The molecule has 0 aliphatic carbocycles. The van der Waals surface area contributed by atoms with Gasteiger partial charge in [-0.25, -0.2) is 8.42 Å². The molecule has 0 saturated carbocycles. The summed E-state index contributed by atoms with van der Waals surface area (Å²) in [5.74, 6) is -0.130. The van der Waals surface area contributed by atoms with Crippen molar-refractivity contribution < 1.29 is 13.2 Å². The van der Waals surface area contributed by atoms with Gasteiger partial charge in [-0.3, -0.25) is 4.79 Å². The molecule has 0 spiro atoms. The van der Waals surface area contributed by atoms with Crippen LogP contribution in [0.15, 0.2) is 30.3 Å². The number of hydrogen-bond acceptors (Lipinski definition) is 3. The van der Waals surface area contributed by atoms with Crippen LogP contribution >= 0.6 is 11.6 Å². The van der Waals surface area contributed by atoms with Crippen LogP contribution in [0.5, 0.6) is 0 Å². The SMILES string of the molecule is CCCCCCCCCCCCC(C(=O)Cl)S(=O)(=O)Cc1ccccc1. The molecule has 1 unspecified atom stereocenters. The average Bonchev–Trinajstić information content (AvgIpc) is 2.59. The van der Waals surface area contributed by atoms with Gasteiger partial charge in [-0.15, -0.1) is 0 Å². The van der Waals surface area contributed by atoms with Gasteiger partial charge in [0.15, 0.2) is 9.84 Å². The molecule has 0 aliphatic rings. The highest BCUT2D eigenvalue weighted by atomic mass is 35.5. The maximum absolute atomic E-state index is 12.5. The Morgan fingerprint density at radius 2 is 1.38 bits per heavy atom. The highest BCUT2D eigenvalue weighted by molar-refractivity contribution is 7.92. The third kappa shape index (κ3) is 9.72. The fourth-order valence-electron chi connectivity index (χ4n) is 3.16. The van der Waals surface area contributed by atoms with Gasteiger partial charge in [0, 0.05) is 0 Å². The minimum Gasteiger partial charge on any atom is -0.280 e. The maximum atomic E-state index is 12.5. The summed E-state index contributed by atoms with van der Waals surface area (Å²) in [6.45, 7) is 2.22. The highest BCUT2D eigenvalue weighted by Gasteiger charge is 2.30. The molecule has 0 heterocycles. The fourth-order valence-corrected chi connectivity index (χ4v) is 5.34. The summed E-state index contributed by atoms with van der Waals surface area (Å²) in [7, 11) is -3.57. The lowest BCUT2D eigenvalue weighted by Crippen LogP contribution is -2.28. The molecular weight excluding hydrogens is 368 g/mol. The summed E-state index contributed by atoms with van der Waals surface area (Å²) in [6.07, 6.45) is 12.1. The lowest BCUT2D eigenvalue weighted by molar-refractivity contribution is -0.111. The second kappa shape index (κ2) is 13.3. The van der Waals surface area contributed by atoms with Crippen molar-refractivity contribution in [3.8, 4) is 0 Å². The first-order valence-corrected chi connectivity index (χ1v) is 12.0. The van der Waals surface area contributed by atoms with Crippen molar-refractivity contribution in [3.63, 3.8) is 0 Å². The van der Waals surface area contributed by atoms with Gasteiger partial charge in [-0.2, -0.15) is 0 Å². The van der Waals surface area contributed by atoms with E-state index in [2.05, 4.69) is 6.92 Å². The Morgan fingerprint density at radius 3 is 1.88 bits per heavy atom. The Balaban J connectivity index is 2.29. The normalized spacial score (nSPS) is 12.8. The molecule has 1 aromatic rings. The monoisotopic (exact) mass is 400 g/mol. The van der Waals surface area contributed by atoms with E-state index < -0.39 is 20.3 Å². The smallest absolute Gasteiger partial charge is 0.239 e. The molecule has 5 heteroatoms. The van der Waals surface area contributed by atoms with E-state index in [4.69, 9.17) is 11.6 Å². The lowest BCUT2D eigenvalue weighted by Gasteiger charge is -2.14. The second-order valence-corrected chi connectivity index (χ2v) is 9.61. The van der Waals surface area contributed by atoms with Crippen LogP contribution in [0, 0.1) is 0 Å². The molecule has 0 radical (unpaired) electrons. The largest absolute Gasteiger partial charge is 0.280 e. The van der Waals surface area contributed by atoms with Crippen LogP contribution in [0.4, 0.5) is 0 Å². The minimum absolute atomic E-state index is 0.130. The molecule has 148 valence electrons. The van der Waals surface area contributed by atoms with E-state index in [9.17, 15) is 13.2 Å². The molecule has 26 heavy (non-hydrogen) atoms. The molecule has 0 saturated heterocycles. The Bertz CT molecular complexity index is 599. The van der Waals surface area contributed by atoms with Gasteiger partial charge >= 0.3 is 0 Å². The number of rotatable bonds is 15. The number of carbonyl (C=O) groups excluding carboxylic acids is 1. The number of carbonyl (C=O) groups is 1. The molecule has 0 amide bonds. The number of unbranched alkanes of at least 4 members (excludes halogenated alkanes) is 9. The predicted octanol–water partition coefficient (Wildman–Crippen LogP) is 6.05. The van der Waals surface area contributed by atoms with Crippen molar-refractivity contribution >= 4 is 26.7 Å². The number of hydrogen-bond donors (Lipinski definition) is 0. The van der Waals surface area contributed by atoms with E-state index in [0.717, 1.165) is 19.3 Å². The number of benzene rings is 1. The van der Waals surface area contributed by atoms with Gasteiger partial charge in [0.05, 0.1) is 5.75 Å². The Kier molecular flexibility index (Phi) is 11.9. The van der Waals surface area contributed by atoms with Crippen LogP contribution < -0.4 is 0 Å². The lowest BCUT2D eigenvalue weighted by atomic mass is 10.1. The summed E-state index contributed by atoms with van der Waals surface area (Å²) in [6, 6.07) is 8.95. The van der Waals surface area contributed by atoms with Gasteiger partial charge < -0.3 is 0 Å². The van der Waals surface area contributed by atoms with Gasteiger partial charge in [0.25, 0.3) is 0 Å². The zero-order valence-electron chi connectivity index (χ0n) is 16.0. The molecule has 0 fully saturated rings. The first kappa shape index (κ1) is 23.2. The van der Waals surface area contributed by atoms with Crippen molar-refractivity contribution in [2.75, 3.05) is 0 Å². The standard InChI is InChI=1S/C21H33ClO3S/c1-2-3-4-5-6-7-8-9-10-14-17-20(21(22)23)26(24,25)18-19-15-12-11-13-16-19/h11-13,15-16,20H,2-10,14,17-18H2,1H3. The summed E-state index contributed by atoms with van der Waals surface area (Å²) in [5, 5.41) is -1.84. The molecular formula is C21H33ClO3S. The van der Waals surface area contributed by atoms with E-state index in [0.29, 0.717) is 12.0 Å². The average molecular weight is 401 g/mol. The molecule has 1 rings (SSSR count). The fraction of sp³-hybridized carbons (Fsp3) is 0.667. The molecule has 3 nitrogen and oxygen atoms in total. The van der Waals surface area contributed by atoms with Gasteiger partial charge in [-0.05, 0) is 23.6 Å². The molecule has 0 aromatic heterocycles. The van der Waals surface area contributed by atoms with E-state index in [-0.39, 0.29) is 5.75 Å². The number of halogens is 1. The Labute approximate surface area is 164 Å². The third-order valence-corrected chi connectivity index (χ3v) is 7.16. The van der Waals surface area contributed by atoms with E-state index >= 15 is 0 Å². The van der Waals surface area contributed by atoms with Crippen molar-refractivity contribution in [1.29, 1.82) is 0 Å². The first-order chi connectivity index (χ1) is 12.5.